The molecule has 1 aliphatic heterocycles. The van der Waals surface area contributed by atoms with Crippen LogP contribution in [0.2, 0.25) is 0 Å². The minimum atomic E-state index is -0.0776. The summed E-state index contributed by atoms with van der Waals surface area (Å²) in [6, 6.07) is 1.82. The molecule has 2 aromatic rings. The first-order valence-corrected chi connectivity index (χ1v) is 9.27. The standard InChI is InChI=1S/C17H23N5OS/c1-12(2)16-21-14(11-24-16)15(23)20-9-13-5-3-8-22(10-13)17-18-6-4-7-19-17/h4,6-7,11-13H,3,5,8-10H2,1-2H3,(H,20,23). The smallest absolute Gasteiger partial charge is 0.270 e. The van der Waals surface area contributed by atoms with Crippen molar-refractivity contribution in [2.45, 2.75) is 32.6 Å². The Labute approximate surface area is 146 Å². The van der Waals surface area contributed by atoms with Gasteiger partial charge in [0.15, 0.2) is 0 Å². The number of nitrogens with one attached hydrogen (secondary N) is 1. The Balaban J connectivity index is 1.53. The molecule has 1 atom stereocenters. The third-order valence-electron chi connectivity index (χ3n) is 4.15. The molecule has 2 aromatic heterocycles. The fraction of sp³-hybridized carbons (Fsp3) is 0.529. The van der Waals surface area contributed by atoms with Crippen LogP contribution in [0.25, 0.3) is 0 Å². The van der Waals surface area contributed by atoms with Gasteiger partial charge in [0.2, 0.25) is 5.95 Å². The molecule has 128 valence electrons. The summed E-state index contributed by atoms with van der Waals surface area (Å²) in [7, 11) is 0. The minimum absolute atomic E-state index is 0.0776. The van der Waals surface area contributed by atoms with E-state index in [0.717, 1.165) is 36.9 Å². The number of hydrogen-bond donors (Lipinski definition) is 1. The lowest BCUT2D eigenvalue weighted by Gasteiger charge is -2.32. The zero-order valence-electron chi connectivity index (χ0n) is 14.1. The summed E-state index contributed by atoms with van der Waals surface area (Å²) in [6.45, 7) is 6.68. The summed E-state index contributed by atoms with van der Waals surface area (Å²) in [6.07, 6.45) is 5.73. The Morgan fingerprint density at radius 1 is 1.42 bits per heavy atom. The van der Waals surface area contributed by atoms with Gasteiger partial charge >= 0.3 is 0 Å². The quantitative estimate of drug-likeness (QED) is 0.902. The van der Waals surface area contributed by atoms with Gasteiger partial charge < -0.3 is 10.2 Å². The molecular weight excluding hydrogens is 322 g/mol. The monoisotopic (exact) mass is 345 g/mol. The van der Waals surface area contributed by atoms with Crippen molar-refractivity contribution >= 4 is 23.2 Å². The van der Waals surface area contributed by atoms with Crippen molar-refractivity contribution in [3.05, 3.63) is 34.5 Å². The van der Waals surface area contributed by atoms with Crippen LogP contribution in [0.15, 0.2) is 23.8 Å². The molecule has 1 saturated heterocycles. The minimum Gasteiger partial charge on any atom is -0.350 e. The molecule has 1 N–H and O–H groups in total. The van der Waals surface area contributed by atoms with Gasteiger partial charge in [0.05, 0.1) is 5.01 Å². The number of piperidine rings is 1. The van der Waals surface area contributed by atoms with E-state index in [-0.39, 0.29) is 5.91 Å². The van der Waals surface area contributed by atoms with E-state index in [1.165, 1.54) is 0 Å². The third kappa shape index (κ3) is 4.08. The Hall–Kier alpha value is -2.02. The summed E-state index contributed by atoms with van der Waals surface area (Å²) in [4.78, 5) is 27.5. The van der Waals surface area contributed by atoms with E-state index >= 15 is 0 Å². The average molecular weight is 345 g/mol. The molecular formula is C17H23N5OS. The maximum Gasteiger partial charge on any atom is 0.270 e. The van der Waals surface area contributed by atoms with Gasteiger partial charge in [-0.1, -0.05) is 13.8 Å². The highest BCUT2D eigenvalue weighted by atomic mass is 32.1. The Kier molecular flexibility index (Phi) is 5.40. The molecule has 1 amide bonds. The fourth-order valence-electron chi connectivity index (χ4n) is 2.85. The first-order valence-electron chi connectivity index (χ1n) is 8.39. The summed E-state index contributed by atoms with van der Waals surface area (Å²) in [5.41, 5.74) is 0.530. The highest BCUT2D eigenvalue weighted by Gasteiger charge is 2.22. The first-order chi connectivity index (χ1) is 11.6. The maximum absolute atomic E-state index is 12.3. The van der Waals surface area contributed by atoms with Crippen LogP contribution in [-0.2, 0) is 0 Å². The van der Waals surface area contributed by atoms with Crippen LogP contribution in [0.5, 0.6) is 0 Å². The molecule has 0 saturated carbocycles. The number of nitrogens with zero attached hydrogens (tertiary/aromatic N) is 4. The van der Waals surface area contributed by atoms with Crippen molar-refractivity contribution in [1.82, 2.24) is 20.3 Å². The molecule has 1 aliphatic rings. The van der Waals surface area contributed by atoms with Crippen LogP contribution in [-0.4, -0.2) is 40.5 Å². The van der Waals surface area contributed by atoms with E-state index in [4.69, 9.17) is 0 Å². The van der Waals surface area contributed by atoms with Crippen molar-refractivity contribution in [1.29, 1.82) is 0 Å². The summed E-state index contributed by atoms with van der Waals surface area (Å²) >= 11 is 1.55. The van der Waals surface area contributed by atoms with E-state index in [0.29, 0.717) is 24.1 Å². The van der Waals surface area contributed by atoms with Crippen molar-refractivity contribution in [3.63, 3.8) is 0 Å². The predicted molar refractivity (Wildman–Crippen MR) is 95.5 cm³/mol. The van der Waals surface area contributed by atoms with Gasteiger partial charge in [-0.3, -0.25) is 4.79 Å². The van der Waals surface area contributed by atoms with Crippen LogP contribution in [0.3, 0.4) is 0 Å². The molecule has 6 nitrogen and oxygen atoms in total. The highest BCUT2D eigenvalue weighted by Crippen LogP contribution is 2.21. The van der Waals surface area contributed by atoms with Crippen LogP contribution in [0.4, 0.5) is 5.95 Å². The predicted octanol–water partition coefficient (Wildman–Crippen LogP) is 2.70. The number of aromatic nitrogens is 3. The second-order valence-corrected chi connectivity index (χ2v) is 7.33. The Morgan fingerprint density at radius 3 is 2.92 bits per heavy atom. The molecule has 1 unspecified atom stereocenters. The maximum atomic E-state index is 12.3. The van der Waals surface area contributed by atoms with E-state index in [1.54, 1.807) is 23.7 Å². The normalized spacial score (nSPS) is 18.0. The van der Waals surface area contributed by atoms with E-state index in [9.17, 15) is 4.79 Å². The number of rotatable bonds is 5. The van der Waals surface area contributed by atoms with Crippen molar-refractivity contribution in [2.75, 3.05) is 24.5 Å². The molecule has 3 heterocycles. The Bertz CT molecular complexity index is 673. The van der Waals surface area contributed by atoms with E-state index in [1.807, 2.05) is 11.4 Å². The number of amides is 1. The highest BCUT2D eigenvalue weighted by molar-refractivity contribution is 7.09. The average Bonchev–Trinajstić information content (AvgIpc) is 3.11. The van der Waals surface area contributed by atoms with Gasteiger partial charge in [0, 0.05) is 43.3 Å². The van der Waals surface area contributed by atoms with Gasteiger partial charge in [-0.25, -0.2) is 15.0 Å². The van der Waals surface area contributed by atoms with Crippen molar-refractivity contribution in [3.8, 4) is 0 Å². The third-order valence-corrected chi connectivity index (χ3v) is 5.30. The Morgan fingerprint density at radius 2 is 2.21 bits per heavy atom. The van der Waals surface area contributed by atoms with Crippen LogP contribution < -0.4 is 10.2 Å². The molecule has 0 aliphatic carbocycles. The zero-order valence-corrected chi connectivity index (χ0v) is 14.9. The molecule has 0 bridgehead atoms. The largest absolute Gasteiger partial charge is 0.350 e. The van der Waals surface area contributed by atoms with Crippen molar-refractivity contribution < 1.29 is 4.79 Å². The first kappa shape index (κ1) is 16.8. The second-order valence-electron chi connectivity index (χ2n) is 6.44. The molecule has 0 spiro atoms. The number of thiazole rings is 1. The van der Waals surface area contributed by atoms with Crippen LogP contribution >= 0.6 is 11.3 Å². The van der Waals surface area contributed by atoms with Gasteiger partial charge in [-0.15, -0.1) is 11.3 Å². The molecule has 1 fully saturated rings. The van der Waals surface area contributed by atoms with Gasteiger partial charge in [0.1, 0.15) is 5.69 Å². The molecule has 7 heteroatoms. The SMILES string of the molecule is CC(C)c1nc(C(=O)NCC2CCCN(c3ncccn3)C2)cs1. The number of hydrogen-bond acceptors (Lipinski definition) is 6. The van der Waals surface area contributed by atoms with E-state index in [2.05, 4.69) is 39.0 Å². The van der Waals surface area contributed by atoms with Gasteiger partial charge in [-0.2, -0.15) is 0 Å². The lowest BCUT2D eigenvalue weighted by atomic mass is 9.98. The van der Waals surface area contributed by atoms with Crippen molar-refractivity contribution in [2.24, 2.45) is 5.92 Å². The van der Waals surface area contributed by atoms with E-state index < -0.39 is 0 Å². The van der Waals surface area contributed by atoms with Gasteiger partial charge in [-0.05, 0) is 24.8 Å². The molecule has 0 aromatic carbocycles. The lowest BCUT2D eigenvalue weighted by Crippen LogP contribution is -2.41. The number of carbonyl (C=O) groups excluding carboxylic acids is 1. The van der Waals surface area contributed by atoms with Crippen LogP contribution in [0.1, 0.15) is 48.1 Å². The summed E-state index contributed by atoms with van der Waals surface area (Å²) < 4.78 is 0. The number of carbonyl (C=O) groups is 1. The van der Waals surface area contributed by atoms with Gasteiger partial charge in [0.25, 0.3) is 5.91 Å². The lowest BCUT2D eigenvalue weighted by molar-refractivity contribution is 0.0941. The van der Waals surface area contributed by atoms with Crippen LogP contribution in [0, 0.1) is 5.92 Å². The summed E-state index contributed by atoms with van der Waals surface area (Å²) in [5, 5.41) is 5.88. The molecule has 24 heavy (non-hydrogen) atoms. The molecule has 3 rings (SSSR count). The number of anilines is 1. The molecule has 0 radical (unpaired) electrons. The summed E-state index contributed by atoms with van der Waals surface area (Å²) in [5.74, 6) is 1.46. The fourth-order valence-corrected chi connectivity index (χ4v) is 3.67. The zero-order chi connectivity index (χ0) is 16.9. The topological polar surface area (TPSA) is 71.0 Å². The second kappa shape index (κ2) is 7.70.